The number of benzene rings is 2. The SMILES string of the molecule is Cc1c(F)c(N)cc(C(=O)Nc2cc(-n3cc(NCCN(C)C)nn3)c(F)cc2N2C[C@@H](C)N(C)[C@@H](C)C2)c1Cl. The molecule has 0 unspecified atom stereocenters. The first-order valence-corrected chi connectivity index (χ1v) is 13.4. The van der Waals surface area contributed by atoms with E-state index >= 15 is 4.39 Å². The minimum Gasteiger partial charge on any atom is -0.396 e. The first-order chi connectivity index (χ1) is 18.9. The molecule has 1 fully saturated rings. The van der Waals surface area contributed by atoms with Crippen molar-refractivity contribution in [3.8, 4) is 5.69 Å². The standard InChI is InChI=1S/C27H36ClF2N9O/c1-15-12-38(13-16(2)37(15)6)23-10-19(29)22(39-14-24(34-35-39)32-7-8-36(4)5)11-21(23)33-27(40)18-9-20(31)26(30)17(3)25(18)28/h9-11,14-16,32H,7-8,12-13,31H2,1-6H3,(H,33,40)/t15-,16+. The van der Waals surface area contributed by atoms with Gasteiger partial charge in [-0.3, -0.25) is 9.69 Å². The van der Waals surface area contributed by atoms with Crippen molar-refractivity contribution in [1.29, 1.82) is 0 Å². The van der Waals surface area contributed by atoms with Crippen molar-refractivity contribution in [1.82, 2.24) is 24.8 Å². The zero-order valence-corrected chi connectivity index (χ0v) is 24.4. The van der Waals surface area contributed by atoms with E-state index in [1.165, 1.54) is 29.8 Å². The smallest absolute Gasteiger partial charge is 0.257 e. The van der Waals surface area contributed by atoms with Gasteiger partial charge in [0.2, 0.25) is 0 Å². The van der Waals surface area contributed by atoms with E-state index < -0.39 is 17.5 Å². The van der Waals surface area contributed by atoms with Crippen molar-refractivity contribution in [2.24, 2.45) is 0 Å². The Morgan fingerprint density at radius 2 is 1.85 bits per heavy atom. The van der Waals surface area contributed by atoms with Crippen LogP contribution >= 0.6 is 11.6 Å². The number of anilines is 4. The van der Waals surface area contributed by atoms with E-state index in [-0.39, 0.29) is 39.6 Å². The number of rotatable bonds is 8. The number of hydrogen-bond donors (Lipinski definition) is 3. The van der Waals surface area contributed by atoms with E-state index in [1.807, 2.05) is 23.9 Å². The normalized spacial score (nSPS) is 17.9. The zero-order chi connectivity index (χ0) is 29.3. The van der Waals surface area contributed by atoms with Gasteiger partial charge in [-0.1, -0.05) is 16.8 Å². The summed E-state index contributed by atoms with van der Waals surface area (Å²) < 4.78 is 31.2. The highest BCUT2D eigenvalue weighted by molar-refractivity contribution is 6.35. The van der Waals surface area contributed by atoms with Crippen LogP contribution in [-0.4, -0.2) is 90.1 Å². The minimum absolute atomic E-state index is 0.0168. The molecule has 13 heteroatoms. The third-order valence-electron chi connectivity index (χ3n) is 7.31. The van der Waals surface area contributed by atoms with Crippen molar-refractivity contribution >= 4 is 40.4 Å². The lowest BCUT2D eigenvalue weighted by Gasteiger charge is -2.44. The number of likely N-dealkylation sites (N-methyl/N-ethyl adjacent to an activating group) is 2. The zero-order valence-electron chi connectivity index (χ0n) is 23.6. The molecule has 0 spiro atoms. The third kappa shape index (κ3) is 6.13. The number of halogens is 3. The summed E-state index contributed by atoms with van der Waals surface area (Å²) in [6.07, 6.45) is 1.58. The maximum atomic E-state index is 15.6. The van der Waals surface area contributed by atoms with Gasteiger partial charge in [0.1, 0.15) is 5.69 Å². The number of aromatic nitrogens is 3. The Labute approximate surface area is 238 Å². The number of carbonyl (C=O) groups excluding carboxylic acids is 1. The summed E-state index contributed by atoms with van der Waals surface area (Å²) in [5.74, 6) is -1.31. The molecule has 0 bridgehead atoms. The molecule has 1 aliphatic heterocycles. The molecular formula is C27H36ClF2N9O. The van der Waals surface area contributed by atoms with Crippen LogP contribution in [-0.2, 0) is 0 Å². The fourth-order valence-electron chi connectivity index (χ4n) is 4.71. The molecule has 1 aliphatic rings. The molecule has 1 saturated heterocycles. The Morgan fingerprint density at radius 1 is 1.18 bits per heavy atom. The highest BCUT2D eigenvalue weighted by atomic mass is 35.5. The first kappa shape index (κ1) is 29.5. The minimum atomic E-state index is -0.673. The Bertz CT molecular complexity index is 1380. The summed E-state index contributed by atoms with van der Waals surface area (Å²) in [5.41, 5.74) is 6.64. The van der Waals surface area contributed by atoms with Crippen LogP contribution in [0.4, 0.5) is 31.7 Å². The number of hydrogen-bond acceptors (Lipinski definition) is 8. The number of nitrogens with zero attached hydrogens (tertiary/aromatic N) is 6. The summed E-state index contributed by atoms with van der Waals surface area (Å²) >= 11 is 6.33. The molecule has 1 amide bonds. The molecule has 3 aromatic rings. The predicted molar refractivity (Wildman–Crippen MR) is 156 cm³/mol. The quantitative estimate of drug-likeness (QED) is 0.348. The molecule has 2 atom stereocenters. The van der Waals surface area contributed by atoms with Gasteiger partial charge in [0, 0.05) is 49.9 Å². The third-order valence-corrected chi connectivity index (χ3v) is 7.80. The van der Waals surface area contributed by atoms with Crippen LogP contribution in [0.2, 0.25) is 5.02 Å². The predicted octanol–water partition coefficient (Wildman–Crippen LogP) is 3.84. The van der Waals surface area contributed by atoms with Gasteiger partial charge < -0.3 is 26.2 Å². The van der Waals surface area contributed by atoms with E-state index in [2.05, 4.69) is 46.7 Å². The van der Waals surface area contributed by atoms with E-state index in [9.17, 15) is 9.18 Å². The highest BCUT2D eigenvalue weighted by Gasteiger charge is 2.29. The lowest BCUT2D eigenvalue weighted by molar-refractivity contribution is 0.102. The molecule has 0 saturated carbocycles. The van der Waals surface area contributed by atoms with Crippen LogP contribution in [0.3, 0.4) is 0 Å². The maximum Gasteiger partial charge on any atom is 0.257 e. The van der Waals surface area contributed by atoms with Crippen molar-refractivity contribution in [2.45, 2.75) is 32.9 Å². The molecule has 4 N–H and O–H groups in total. The van der Waals surface area contributed by atoms with Crippen molar-refractivity contribution < 1.29 is 13.6 Å². The molecule has 1 aromatic heterocycles. The van der Waals surface area contributed by atoms with Crippen molar-refractivity contribution in [2.75, 3.05) is 68.6 Å². The Balaban J connectivity index is 1.73. The Morgan fingerprint density at radius 3 is 2.50 bits per heavy atom. The lowest BCUT2D eigenvalue weighted by atomic mass is 10.1. The van der Waals surface area contributed by atoms with Gasteiger partial charge in [0.05, 0.1) is 33.8 Å². The number of amides is 1. The van der Waals surface area contributed by atoms with Crippen LogP contribution in [0.5, 0.6) is 0 Å². The van der Waals surface area contributed by atoms with Gasteiger partial charge in [0.25, 0.3) is 5.91 Å². The highest BCUT2D eigenvalue weighted by Crippen LogP contribution is 2.35. The summed E-state index contributed by atoms with van der Waals surface area (Å²) in [7, 11) is 5.97. The number of piperazine rings is 1. The second-order valence-corrected chi connectivity index (χ2v) is 11.0. The van der Waals surface area contributed by atoms with Crippen LogP contribution in [0, 0.1) is 18.6 Å². The average Bonchev–Trinajstić information content (AvgIpc) is 3.36. The average molecular weight is 576 g/mol. The number of carbonyl (C=O) groups is 1. The van der Waals surface area contributed by atoms with E-state index in [0.29, 0.717) is 36.8 Å². The van der Waals surface area contributed by atoms with E-state index in [0.717, 1.165) is 6.54 Å². The van der Waals surface area contributed by atoms with Crippen LogP contribution in [0.1, 0.15) is 29.8 Å². The summed E-state index contributed by atoms with van der Waals surface area (Å²) in [6, 6.07) is 4.49. The topological polar surface area (TPSA) is 108 Å². The van der Waals surface area contributed by atoms with E-state index in [4.69, 9.17) is 17.3 Å². The largest absolute Gasteiger partial charge is 0.396 e. The molecule has 2 heterocycles. The van der Waals surface area contributed by atoms with Crippen molar-refractivity contribution in [3.05, 3.63) is 52.2 Å². The lowest BCUT2D eigenvalue weighted by Crippen LogP contribution is -2.55. The molecule has 10 nitrogen and oxygen atoms in total. The van der Waals surface area contributed by atoms with Crippen LogP contribution in [0.15, 0.2) is 24.4 Å². The number of nitrogens with two attached hydrogens (primary N) is 1. The molecule has 0 aliphatic carbocycles. The fourth-order valence-corrected chi connectivity index (χ4v) is 4.94. The second kappa shape index (κ2) is 11.9. The molecule has 4 rings (SSSR count). The summed E-state index contributed by atoms with van der Waals surface area (Å²) in [5, 5.41) is 14.2. The molecule has 40 heavy (non-hydrogen) atoms. The van der Waals surface area contributed by atoms with Gasteiger partial charge in [-0.15, -0.1) is 5.10 Å². The summed E-state index contributed by atoms with van der Waals surface area (Å²) in [6.45, 7) is 8.29. The van der Waals surface area contributed by atoms with Crippen LogP contribution in [0.25, 0.3) is 5.69 Å². The van der Waals surface area contributed by atoms with Gasteiger partial charge in [-0.25, -0.2) is 13.5 Å². The summed E-state index contributed by atoms with van der Waals surface area (Å²) in [4.78, 5) is 19.7. The van der Waals surface area contributed by atoms with Gasteiger partial charge in [-0.05, 0) is 54.0 Å². The Hall–Kier alpha value is -3.48. The maximum absolute atomic E-state index is 15.6. The molecule has 2 aromatic carbocycles. The van der Waals surface area contributed by atoms with Gasteiger partial charge in [0.15, 0.2) is 17.5 Å². The van der Waals surface area contributed by atoms with Crippen LogP contribution < -0.4 is 21.3 Å². The van der Waals surface area contributed by atoms with Crippen molar-refractivity contribution in [3.63, 3.8) is 0 Å². The number of nitrogen functional groups attached to an aromatic ring is 1. The molecule has 0 radical (unpaired) electrons. The molecular weight excluding hydrogens is 540 g/mol. The molecule has 216 valence electrons. The Kier molecular flexibility index (Phi) is 8.81. The fraction of sp³-hybridized carbons (Fsp3) is 0.444. The van der Waals surface area contributed by atoms with Gasteiger partial charge in [-0.2, -0.15) is 0 Å². The second-order valence-electron chi connectivity index (χ2n) is 10.6. The first-order valence-electron chi connectivity index (χ1n) is 13.0. The number of nitrogens with one attached hydrogen (secondary N) is 2. The monoisotopic (exact) mass is 575 g/mol. The van der Waals surface area contributed by atoms with Gasteiger partial charge >= 0.3 is 0 Å². The van der Waals surface area contributed by atoms with E-state index in [1.54, 1.807) is 6.20 Å².